The second kappa shape index (κ2) is 9.35. The van der Waals surface area contributed by atoms with Crippen molar-refractivity contribution >= 4 is 11.5 Å². The van der Waals surface area contributed by atoms with Gasteiger partial charge in [-0.2, -0.15) is 0 Å². The van der Waals surface area contributed by atoms with E-state index in [0.717, 1.165) is 39.0 Å². The zero-order valence-electron chi connectivity index (χ0n) is 15.6. The summed E-state index contributed by atoms with van der Waals surface area (Å²) in [6, 6.07) is 20.8. The SMILES string of the molecule is C/C(=C\CN(CC(=O)N1CCCC1)Cc1ccccc1)c1ccccc1. The van der Waals surface area contributed by atoms with Crippen molar-refractivity contribution in [1.82, 2.24) is 9.80 Å². The molecule has 26 heavy (non-hydrogen) atoms. The second-order valence-electron chi connectivity index (χ2n) is 7.00. The fraction of sp³-hybridized carbons (Fsp3) is 0.348. The van der Waals surface area contributed by atoms with E-state index in [9.17, 15) is 4.79 Å². The molecule has 3 rings (SSSR count). The number of rotatable bonds is 7. The van der Waals surface area contributed by atoms with Gasteiger partial charge < -0.3 is 4.90 Å². The van der Waals surface area contributed by atoms with Crippen molar-refractivity contribution in [2.24, 2.45) is 0 Å². The molecule has 136 valence electrons. The lowest BCUT2D eigenvalue weighted by molar-refractivity contribution is -0.131. The molecule has 1 fully saturated rings. The lowest BCUT2D eigenvalue weighted by Gasteiger charge is -2.24. The molecule has 0 radical (unpaired) electrons. The van der Waals surface area contributed by atoms with Crippen LogP contribution in [0.15, 0.2) is 66.7 Å². The zero-order valence-corrected chi connectivity index (χ0v) is 15.6. The maximum atomic E-state index is 12.6. The zero-order chi connectivity index (χ0) is 18.2. The van der Waals surface area contributed by atoms with Crippen molar-refractivity contribution in [1.29, 1.82) is 0 Å². The normalized spacial score (nSPS) is 14.8. The molecule has 0 bridgehead atoms. The molecule has 3 heteroatoms. The first-order chi connectivity index (χ1) is 12.7. The number of hydrogen-bond acceptors (Lipinski definition) is 2. The minimum atomic E-state index is 0.254. The molecule has 1 aliphatic heterocycles. The molecule has 0 aliphatic carbocycles. The summed E-state index contributed by atoms with van der Waals surface area (Å²) in [7, 11) is 0. The van der Waals surface area contributed by atoms with Crippen molar-refractivity contribution < 1.29 is 4.79 Å². The monoisotopic (exact) mass is 348 g/mol. The highest BCUT2D eigenvalue weighted by atomic mass is 16.2. The van der Waals surface area contributed by atoms with Crippen molar-refractivity contribution in [3.8, 4) is 0 Å². The molecule has 2 aromatic rings. The summed E-state index contributed by atoms with van der Waals surface area (Å²) < 4.78 is 0. The van der Waals surface area contributed by atoms with E-state index in [2.05, 4.69) is 66.4 Å². The number of likely N-dealkylation sites (tertiary alicyclic amines) is 1. The highest BCUT2D eigenvalue weighted by Crippen LogP contribution is 2.14. The standard InChI is InChI=1S/C23H28N2O/c1-20(22-12-6-3-7-13-22)14-17-24(18-21-10-4-2-5-11-21)19-23(26)25-15-8-9-16-25/h2-7,10-14H,8-9,15-19H2,1H3/b20-14+. The number of nitrogens with zero attached hydrogens (tertiary/aromatic N) is 2. The average Bonchev–Trinajstić information content (AvgIpc) is 3.22. The quantitative estimate of drug-likeness (QED) is 0.748. The minimum absolute atomic E-state index is 0.254. The van der Waals surface area contributed by atoms with Crippen LogP contribution in [0, 0.1) is 0 Å². The molecule has 1 amide bonds. The molecule has 0 unspecified atom stereocenters. The van der Waals surface area contributed by atoms with E-state index in [1.165, 1.54) is 16.7 Å². The Bertz CT molecular complexity index is 718. The Labute approximate surface area is 156 Å². The Morgan fingerprint density at radius 3 is 2.27 bits per heavy atom. The van der Waals surface area contributed by atoms with Gasteiger partial charge in [-0.15, -0.1) is 0 Å². The third kappa shape index (κ3) is 5.30. The number of amides is 1. The Morgan fingerprint density at radius 1 is 1.00 bits per heavy atom. The van der Waals surface area contributed by atoms with Crippen LogP contribution in [-0.2, 0) is 11.3 Å². The first-order valence-electron chi connectivity index (χ1n) is 9.48. The molecule has 0 spiro atoms. The smallest absolute Gasteiger partial charge is 0.236 e. The first-order valence-corrected chi connectivity index (χ1v) is 9.48. The van der Waals surface area contributed by atoms with Crippen molar-refractivity contribution in [2.45, 2.75) is 26.3 Å². The van der Waals surface area contributed by atoms with E-state index >= 15 is 0 Å². The lowest BCUT2D eigenvalue weighted by Crippen LogP contribution is -2.38. The Kier molecular flexibility index (Phi) is 6.62. The van der Waals surface area contributed by atoms with Gasteiger partial charge in [0.25, 0.3) is 0 Å². The highest BCUT2D eigenvalue weighted by Gasteiger charge is 2.20. The summed E-state index contributed by atoms with van der Waals surface area (Å²) >= 11 is 0. The topological polar surface area (TPSA) is 23.6 Å². The molecule has 1 saturated heterocycles. The summed E-state index contributed by atoms with van der Waals surface area (Å²) in [5.74, 6) is 0.254. The molecule has 0 aromatic heterocycles. The van der Waals surface area contributed by atoms with E-state index in [1.54, 1.807) is 0 Å². The van der Waals surface area contributed by atoms with Gasteiger partial charge in [-0.05, 0) is 36.5 Å². The summed E-state index contributed by atoms with van der Waals surface area (Å²) in [4.78, 5) is 16.9. The number of carbonyl (C=O) groups excluding carboxylic acids is 1. The van der Waals surface area contributed by atoms with Gasteiger partial charge in [0, 0.05) is 26.2 Å². The van der Waals surface area contributed by atoms with E-state index < -0.39 is 0 Å². The van der Waals surface area contributed by atoms with E-state index in [1.807, 2.05) is 17.0 Å². The molecule has 1 aliphatic rings. The van der Waals surface area contributed by atoms with Gasteiger partial charge in [-0.25, -0.2) is 0 Å². The molecule has 1 heterocycles. The fourth-order valence-corrected chi connectivity index (χ4v) is 3.37. The maximum Gasteiger partial charge on any atom is 0.236 e. The molecule has 0 saturated carbocycles. The Hall–Kier alpha value is -2.39. The van der Waals surface area contributed by atoms with Crippen LogP contribution in [-0.4, -0.2) is 41.9 Å². The van der Waals surface area contributed by atoms with Crippen LogP contribution in [0.2, 0.25) is 0 Å². The van der Waals surface area contributed by atoms with Gasteiger partial charge >= 0.3 is 0 Å². The average molecular weight is 348 g/mol. The Morgan fingerprint density at radius 2 is 1.62 bits per heavy atom. The maximum absolute atomic E-state index is 12.6. The van der Waals surface area contributed by atoms with Crippen LogP contribution in [0.3, 0.4) is 0 Å². The largest absolute Gasteiger partial charge is 0.342 e. The van der Waals surface area contributed by atoms with Crippen LogP contribution in [0.1, 0.15) is 30.9 Å². The predicted molar refractivity (Wildman–Crippen MR) is 108 cm³/mol. The molecule has 0 atom stereocenters. The second-order valence-corrected chi connectivity index (χ2v) is 7.00. The number of benzene rings is 2. The molecule has 2 aromatic carbocycles. The van der Waals surface area contributed by atoms with Crippen molar-refractivity contribution in [3.63, 3.8) is 0 Å². The third-order valence-electron chi connectivity index (χ3n) is 4.95. The number of carbonyl (C=O) groups is 1. The van der Waals surface area contributed by atoms with Gasteiger partial charge in [0.15, 0.2) is 0 Å². The Balaban J connectivity index is 1.68. The molecule has 3 nitrogen and oxygen atoms in total. The summed E-state index contributed by atoms with van der Waals surface area (Å²) in [6.07, 6.45) is 4.50. The summed E-state index contributed by atoms with van der Waals surface area (Å²) in [5, 5.41) is 0. The molecular weight excluding hydrogens is 320 g/mol. The molecular formula is C23H28N2O. The third-order valence-corrected chi connectivity index (χ3v) is 4.95. The fourth-order valence-electron chi connectivity index (χ4n) is 3.37. The number of hydrogen-bond donors (Lipinski definition) is 0. The van der Waals surface area contributed by atoms with Crippen molar-refractivity contribution in [2.75, 3.05) is 26.2 Å². The van der Waals surface area contributed by atoms with Crippen molar-refractivity contribution in [3.05, 3.63) is 77.9 Å². The lowest BCUT2D eigenvalue weighted by atomic mass is 10.1. The predicted octanol–water partition coefficient (Wildman–Crippen LogP) is 4.21. The molecule has 0 N–H and O–H groups in total. The van der Waals surface area contributed by atoms with Gasteiger partial charge in [0.05, 0.1) is 6.54 Å². The van der Waals surface area contributed by atoms with Gasteiger partial charge in [0.2, 0.25) is 5.91 Å². The van der Waals surface area contributed by atoms with Crippen LogP contribution in [0.4, 0.5) is 0 Å². The summed E-state index contributed by atoms with van der Waals surface area (Å²) in [5.41, 5.74) is 3.72. The van der Waals surface area contributed by atoms with Gasteiger partial charge in [-0.1, -0.05) is 66.7 Å². The van der Waals surface area contributed by atoms with E-state index in [-0.39, 0.29) is 5.91 Å². The summed E-state index contributed by atoms with van der Waals surface area (Å²) in [6.45, 7) is 6.01. The minimum Gasteiger partial charge on any atom is -0.342 e. The highest BCUT2D eigenvalue weighted by molar-refractivity contribution is 5.78. The van der Waals surface area contributed by atoms with Crippen LogP contribution in [0.25, 0.3) is 5.57 Å². The van der Waals surface area contributed by atoms with Gasteiger partial charge in [-0.3, -0.25) is 9.69 Å². The van der Waals surface area contributed by atoms with Gasteiger partial charge in [0.1, 0.15) is 0 Å². The van der Waals surface area contributed by atoms with E-state index in [4.69, 9.17) is 0 Å². The van der Waals surface area contributed by atoms with Crippen LogP contribution >= 0.6 is 0 Å². The number of allylic oxidation sites excluding steroid dienone is 1. The van der Waals surface area contributed by atoms with E-state index in [0.29, 0.717) is 6.54 Å². The van der Waals surface area contributed by atoms with Crippen LogP contribution in [0.5, 0.6) is 0 Å². The van der Waals surface area contributed by atoms with Crippen LogP contribution < -0.4 is 0 Å². The first kappa shape index (κ1) is 18.4.